The zero-order valence-electron chi connectivity index (χ0n) is 12.3. The van der Waals surface area contributed by atoms with Gasteiger partial charge in [0.25, 0.3) is 0 Å². The van der Waals surface area contributed by atoms with Crippen LogP contribution in [0.25, 0.3) is 0 Å². The Labute approximate surface area is 137 Å². The van der Waals surface area contributed by atoms with E-state index >= 15 is 0 Å². The molecule has 1 unspecified atom stereocenters. The molecule has 120 valence electrons. The molecule has 0 spiro atoms. The quantitative estimate of drug-likeness (QED) is 0.890. The molecule has 0 aromatic carbocycles. The first-order valence-corrected chi connectivity index (χ1v) is 8.16. The van der Waals surface area contributed by atoms with Gasteiger partial charge in [-0.1, -0.05) is 0 Å². The van der Waals surface area contributed by atoms with Crippen molar-refractivity contribution in [2.75, 3.05) is 23.3 Å². The van der Waals surface area contributed by atoms with E-state index in [0.717, 1.165) is 12.8 Å². The van der Waals surface area contributed by atoms with Crippen molar-refractivity contribution < 1.29 is 14.7 Å². The zero-order valence-corrected chi connectivity index (χ0v) is 13.1. The Morgan fingerprint density at radius 3 is 2.96 bits per heavy atom. The Bertz CT molecular complexity index is 705. The number of carboxylic acid groups (broad SMARTS) is 1. The molecule has 0 saturated carbocycles. The smallest absolute Gasteiger partial charge is 0.339 e. The number of aromatic carboxylic acids is 1. The second-order valence-corrected chi connectivity index (χ2v) is 6.19. The van der Waals surface area contributed by atoms with E-state index in [0.29, 0.717) is 24.0 Å². The van der Waals surface area contributed by atoms with Crippen LogP contribution in [0.1, 0.15) is 23.2 Å². The minimum Gasteiger partial charge on any atom is -0.478 e. The molecule has 1 saturated heterocycles. The summed E-state index contributed by atoms with van der Waals surface area (Å²) in [5.41, 5.74) is 0.161. The molecule has 3 heterocycles. The van der Waals surface area contributed by atoms with Crippen LogP contribution in [0.15, 0.2) is 29.9 Å². The number of nitrogens with one attached hydrogen (secondary N) is 1. The molecule has 2 N–H and O–H groups in total. The number of piperidine rings is 1. The van der Waals surface area contributed by atoms with E-state index in [4.69, 9.17) is 0 Å². The van der Waals surface area contributed by atoms with Crippen molar-refractivity contribution in [1.29, 1.82) is 0 Å². The number of rotatable bonds is 4. The van der Waals surface area contributed by atoms with Gasteiger partial charge in [-0.2, -0.15) is 0 Å². The number of carbonyl (C=O) groups excluding carboxylic acids is 1. The molecule has 1 atom stereocenters. The van der Waals surface area contributed by atoms with Gasteiger partial charge in [0.15, 0.2) is 5.13 Å². The third-order valence-corrected chi connectivity index (χ3v) is 4.46. The zero-order chi connectivity index (χ0) is 16.2. The topological polar surface area (TPSA) is 95.4 Å². The van der Waals surface area contributed by atoms with Crippen LogP contribution in [0.5, 0.6) is 0 Å². The normalized spacial score (nSPS) is 17.7. The molecule has 0 bridgehead atoms. The van der Waals surface area contributed by atoms with Crippen LogP contribution in [-0.4, -0.2) is 40.0 Å². The third-order valence-electron chi connectivity index (χ3n) is 3.77. The molecule has 23 heavy (non-hydrogen) atoms. The average molecular weight is 332 g/mol. The number of anilines is 2. The number of aromatic nitrogens is 2. The van der Waals surface area contributed by atoms with Crippen LogP contribution < -0.4 is 10.2 Å². The summed E-state index contributed by atoms with van der Waals surface area (Å²) in [4.78, 5) is 33.8. The summed E-state index contributed by atoms with van der Waals surface area (Å²) >= 11 is 1.37. The molecular formula is C15H16N4O3S. The van der Waals surface area contributed by atoms with Gasteiger partial charge in [-0.05, 0) is 25.0 Å². The summed E-state index contributed by atoms with van der Waals surface area (Å²) in [6, 6.07) is 3.13. The lowest BCUT2D eigenvalue weighted by molar-refractivity contribution is -0.120. The number of carbonyl (C=O) groups is 2. The summed E-state index contributed by atoms with van der Waals surface area (Å²) in [5.74, 6) is -0.886. The molecular weight excluding hydrogens is 316 g/mol. The fraction of sp³-hybridized carbons (Fsp3) is 0.333. The molecule has 2 aromatic rings. The lowest BCUT2D eigenvalue weighted by Crippen LogP contribution is -2.41. The fourth-order valence-corrected chi connectivity index (χ4v) is 3.22. The number of hydrogen-bond acceptors (Lipinski definition) is 6. The predicted molar refractivity (Wildman–Crippen MR) is 86.9 cm³/mol. The number of thiazole rings is 1. The van der Waals surface area contributed by atoms with Crippen LogP contribution in [0.2, 0.25) is 0 Å². The van der Waals surface area contributed by atoms with Crippen LogP contribution in [0, 0.1) is 5.92 Å². The molecule has 1 aliphatic heterocycles. The van der Waals surface area contributed by atoms with Crippen LogP contribution >= 0.6 is 11.3 Å². The minimum atomic E-state index is -1.01. The van der Waals surface area contributed by atoms with E-state index in [1.165, 1.54) is 17.4 Å². The monoisotopic (exact) mass is 332 g/mol. The minimum absolute atomic E-state index is 0.0857. The third kappa shape index (κ3) is 3.48. The Balaban J connectivity index is 1.73. The van der Waals surface area contributed by atoms with Crippen LogP contribution in [-0.2, 0) is 4.79 Å². The van der Waals surface area contributed by atoms with E-state index in [-0.39, 0.29) is 17.4 Å². The number of hydrogen-bond donors (Lipinski definition) is 2. The van der Waals surface area contributed by atoms with Gasteiger partial charge in [0.2, 0.25) is 5.91 Å². The standard InChI is InChI=1S/C15H16N4O3S/c20-13(18-15-17-6-8-23-15)10-3-2-7-19(9-10)12-11(14(21)22)4-1-5-16-12/h1,4-6,8,10H,2-3,7,9H2,(H,21,22)(H,17,18,20). The van der Waals surface area contributed by atoms with Gasteiger partial charge in [0, 0.05) is 30.9 Å². The lowest BCUT2D eigenvalue weighted by atomic mass is 9.97. The van der Waals surface area contributed by atoms with Crippen LogP contribution in [0.3, 0.4) is 0 Å². The van der Waals surface area contributed by atoms with Crippen molar-refractivity contribution in [1.82, 2.24) is 9.97 Å². The first-order valence-electron chi connectivity index (χ1n) is 7.29. The molecule has 8 heteroatoms. The number of amides is 1. The molecule has 3 rings (SSSR count). The Hall–Kier alpha value is -2.48. The average Bonchev–Trinajstić information content (AvgIpc) is 3.08. The molecule has 7 nitrogen and oxygen atoms in total. The Morgan fingerprint density at radius 2 is 2.22 bits per heavy atom. The first-order chi connectivity index (χ1) is 11.1. The molecule has 2 aromatic heterocycles. The molecule has 1 amide bonds. The van der Waals surface area contributed by atoms with Crippen molar-refractivity contribution in [2.24, 2.45) is 5.92 Å². The van der Waals surface area contributed by atoms with E-state index in [2.05, 4.69) is 15.3 Å². The van der Waals surface area contributed by atoms with E-state index < -0.39 is 5.97 Å². The Morgan fingerprint density at radius 1 is 1.35 bits per heavy atom. The molecule has 0 aliphatic carbocycles. The summed E-state index contributed by atoms with van der Waals surface area (Å²) in [6.07, 6.45) is 4.79. The van der Waals surface area contributed by atoms with Crippen molar-refractivity contribution >= 4 is 34.2 Å². The van der Waals surface area contributed by atoms with Crippen molar-refractivity contribution in [2.45, 2.75) is 12.8 Å². The molecule has 1 fully saturated rings. The van der Waals surface area contributed by atoms with Crippen LogP contribution in [0.4, 0.5) is 10.9 Å². The molecule has 1 aliphatic rings. The van der Waals surface area contributed by atoms with Crippen molar-refractivity contribution in [3.8, 4) is 0 Å². The summed E-state index contributed by atoms with van der Waals surface area (Å²) < 4.78 is 0. The SMILES string of the molecule is O=C(O)c1cccnc1N1CCCC(C(=O)Nc2nccs2)C1. The van der Waals surface area contributed by atoms with Crippen molar-refractivity contribution in [3.63, 3.8) is 0 Å². The van der Waals surface area contributed by atoms with Gasteiger partial charge in [-0.15, -0.1) is 11.3 Å². The van der Waals surface area contributed by atoms with Gasteiger partial charge in [0.05, 0.1) is 5.92 Å². The highest BCUT2D eigenvalue weighted by molar-refractivity contribution is 7.13. The maximum atomic E-state index is 12.4. The number of carboxylic acids is 1. The van der Waals surface area contributed by atoms with E-state index in [1.54, 1.807) is 23.8 Å². The summed E-state index contributed by atoms with van der Waals surface area (Å²) in [7, 11) is 0. The largest absolute Gasteiger partial charge is 0.478 e. The predicted octanol–water partition coefficient (Wildman–Crippen LogP) is 2.09. The van der Waals surface area contributed by atoms with Gasteiger partial charge in [-0.3, -0.25) is 4.79 Å². The van der Waals surface area contributed by atoms with Gasteiger partial charge < -0.3 is 15.3 Å². The maximum Gasteiger partial charge on any atom is 0.339 e. The summed E-state index contributed by atoms with van der Waals surface area (Å²) in [6.45, 7) is 1.15. The number of pyridine rings is 1. The second-order valence-electron chi connectivity index (χ2n) is 5.29. The van der Waals surface area contributed by atoms with Crippen molar-refractivity contribution in [3.05, 3.63) is 35.5 Å². The van der Waals surface area contributed by atoms with Gasteiger partial charge >= 0.3 is 5.97 Å². The fourth-order valence-electron chi connectivity index (χ4n) is 2.69. The lowest BCUT2D eigenvalue weighted by Gasteiger charge is -2.33. The van der Waals surface area contributed by atoms with E-state index in [9.17, 15) is 14.7 Å². The van der Waals surface area contributed by atoms with Gasteiger partial charge in [-0.25, -0.2) is 14.8 Å². The van der Waals surface area contributed by atoms with E-state index in [1.807, 2.05) is 4.90 Å². The highest BCUT2D eigenvalue weighted by atomic mass is 32.1. The highest BCUT2D eigenvalue weighted by Crippen LogP contribution is 2.25. The summed E-state index contributed by atoms with van der Waals surface area (Å²) in [5, 5.41) is 14.5. The second kappa shape index (κ2) is 6.74. The molecule has 0 radical (unpaired) electrons. The first kappa shape index (κ1) is 15.4. The number of nitrogens with zero attached hydrogens (tertiary/aromatic N) is 3. The Kier molecular flexibility index (Phi) is 4.52. The van der Waals surface area contributed by atoms with Gasteiger partial charge in [0.1, 0.15) is 11.4 Å². The maximum absolute atomic E-state index is 12.4. The highest BCUT2D eigenvalue weighted by Gasteiger charge is 2.28.